The fourth-order valence-corrected chi connectivity index (χ4v) is 6.49. The summed E-state index contributed by atoms with van der Waals surface area (Å²) in [6.45, 7) is 5.97. The molecule has 0 saturated heterocycles. The Balaban J connectivity index is 1.34. The standard InChI is InChI=1S/C34H36BrIN4O9/c1-5-46-27-15-23(30-29(33(43)45-4)19(3)38-34(44)39-30)11-12-26(27)48-18-28(41)40-37-16-21-13-24(35)31(25(36)14-21)49-17-20-7-9-22(10-8-20)32(42)47-6-2/h7-16,28,30,40-41H,5-6,17-18H2,1-4H3,(H2,38,39,44)/b37-16+/t28-,30-/m1/s1. The zero-order chi connectivity index (χ0) is 35.5. The maximum absolute atomic E-state index is 12.5. The van der Waals surface area contributed by atoms with E-state index in [1.807, 2.05) is 31.2 Å². The zero-order valence-electron chi connectivity index (χ0n) is 27.2. The van der Waals surface area contributed by atoms with Crippen LogP contribution in [0.5, 0.6) is 17.2 Å². The summed E-state index contributed by atoms with van der Waals surface area (Å²) in [4.78, 5) is 36.5. The van der Waals surface area contributed by atoms with Crippen molar-refractivity contribution in [2.75, 3.05) is 26.9 Å². The van der Waals surface area contributed by atoms with Crippen LogP contribution in [-0.4, -0.2) is 62.4 Å². The molecule has 0 bridgehead atoms. The van der Waals surface area contributed by atoms with Crippen LogP contribution in [0.2, 0.25) is 0 Å². The summed E-state index contributed by atoms with van der Waals surface area (Å²) in [5.41, 5.74) is 5.98. The fourth-order valence-electron chi connectivity index (χ4n) is 4.72. The molecule has 3 aromatic carbocycles. The maximum Gasteiger partial charge on any atom is 0.338 e. The number of aliphatic hydroxyl groups is 1. The van der Waals surface area contributed by atoms with Gasteiger partial charge in [-0.2, -0.15) is 5.10 Å². The third kappa shape index (κ3) is 10.1. The lowest BCUT2D eigenvalue weighted by Crippen LogP contribution is -2.45. The van der Waals surface area contributed by atoms with Gasteiger partial charge in [-0.1, -0.05) is 18.2 Å². The molecule has 15 heteroatoms. The van der Waals surface area contributed by atoms with E-state index in [0.717, 1.165) is 14.7 Å². The van der Waals surface area contributed by atoms with Gasteiger partial charge in [0.2, 0.25) is 0 Å². The van der Waals surface area contributed by atoms with Gasteiger partial charge in [-0.25, -0.2) is 14.4 Å². The monoisotopic (exact) mass is 850 g/mol. The Bertz CT molecular complexity index is 1710. The second-order valence-corrected chi connectivity index (χ2v) is 12.5. The number of nitrogens with zero attached hydrogens (tertiary/aromatic N) is 1. The number of benzene rings is 3. The SMILES string of the molecule is CCOC(=O)c1ccc(COc2c(Br)cc(/C=N/N[C@H](O)COc3ccc([C@H]4NC(=O)NC(C)=C4C(=O)OC)cc3OCC)cc2I)cc1. The molecule has 13 nitrogen and oxygen atoms in total. The Hall–Kier alpha value is -4.35. The normalized spacial score (nSPS) is 14.8. The van der Waals surface area contributed by atoms with E-state index >= 15 is 0 Å². The Morgan fingerprint density at radius 1 is 1.04 bits per heavy atom. The molecule has 0 radical (unpaired) electrons. The van der Waals surface area contributed by atoms with Crippen molar-refractivity contribution in [3.05, 3.63) is 96.2 Å². The number of allylic oxidation sites excluding steroid dienone is 1. The van der Waals surface area contributed by atoms with Crippen LogP contribution in [0.3, 0.4) is 0 Å². The van der Waals surface area contributed by atoms with Crippen LogP contribution >= 0.6 is 38.5 Å². The van der Waals surface area contributed by atoms with Crippen molar-refractivity contribution >= 4 is 62.7 Å². The predicted octanol–water partition coefficient (Wildman–Crippen LogP) is 5.33. The van der Waals surface area contributed by atoms with Crippen LogP contribution in [0.15, 0.2) is 75.4 Å². The van der Waals surface area contributed by atoms with E-state index in [1.165, 1.54) is 7.11 Å². The van der Waals surface area contributed by atoms with Gasteiger partial charge >= 0.3 is 18.0 Å². The number of ether oxygens (including phenoxy) is 5. The Morgan fingerprint density at radius 3 is 2.47 bits per heavy atom. The van der Waals surface area contributed by atoms with Gasteiger partial charge in [0.1, 0.15) is 19.0 Å². The number of amides is 2. The van der Waals surface area contributed by atoms with Gasteiger partial charge in [-0.15, -0.1) is 0 Å². The molecule has 3 aromatic rings. The fraction of sp³-hybridized carbons (Fsp3) is 0.294. The van der Waals surface area contributed by atoms with Crippen LogP contribution in [0.25, 0.3) is 0 Å². The molecule has 49 heavy (non-hydrogen) atoms. The number of rotatable bonds is 15. The van der Waals surface area contributed by atoms with Crippen LogP contribution < -0.4 is 30.3 Å². The molecule has 0 saturated carbocycles. The van der Waals surface area contributed by atoms with Crippen molar-refractivity contribution in [2.24, 2.45) is 5.10 Å². The lowest BCUT2D eigenvalue weighted by molar-refractivity contribution is -0.136. The number of hydrazone groups is 1. The Labute approximate surface area is 305 Å². The molecule has 0 fully saturated rings. The van der Waals surface area contributed by atoms with E-state index in [9.17, 15) is 19.5 Å². The highest BCUT2D eigenvalue weighted by Gasteiger charge is 2.32. The predicted molar refractivity (Wildman–Crippen MR) is 193 cm³/mol. The minimum atomic E-state index is -1.16. The molecule has 1 aliphatic heterocycles. The molecule has 1 heterocycles. The summed E-state index contributed by atoms with van der Waals surface area (Å²) in [5, 5.41) is 20.0. The number of esters is 2. The van der Waals surface area contributed by atoms with Gasteiger partial charge in [-0.3, -0.25) is 5.43 Å². The average molecular weight is 851 g/mol. The first-order valence-corrected chi connectivity index (χ1v) is 17.0. The van der Waals surface area contributed by atoms with E-state index in [4.69, 9.17) is 23.7 Å². The third-order valence-corrected chi connectivity index (χ3v) is 8.37. The first-order valence-electron chi connectivity index (χ1n) is 15.1. The summed E-state index contributed by atoms with van der Waals surface area (Å²) in [6, 6.07) is 14.5. The molecule has 0 unspecified atom stereocenters. The zero-order valence-corrected chi connectivity index (χ0v) is 30.9. The number of nitrogens with one attached hydrogen (secondary N) is 3. The molecule has 2 atom stereocenters. The number of hydrogen-bond donors (Lipinski definition) is 4. The molecule has 0 spiro atoms. The van der Waals surface area contributed by atoms with Crippen molar-refractivity contribution in [3.8, 4) is 17.2 Å². The van der Waals surface area contributed by atoms with Crippen LogP contribution in [0.1, 0.15) is 53.9 Å². The maximum atomic E-state index is 12.5. The van der Waals surface area contributed by atoms with E-state index < -0.39 is 24.3 Å². The number of urea groups is 1. The van der Waals surface area contributed by atoms with Crippen molar-refractivity contribution in [3.63, 3.8) is 0 Å². The van der Waals surface area contributed by atoms with Crippen molar-refractivity contribution < 1.29 is 43.2 Å². The summed E-state index contributed by atoms with van der Waals surface area (Å²) in [6.07, 6.45) is 0.391. The van der Waals surface area contributed by atoms with E-state index in [1.54, 1.807) is 50.4 Å². The van der Waals surface area contributed by atoms with Crippen LogP contribution in [0, 0.1) is 3.57 Å². The van der Waals surface area contributed by atoms with Gasteiger partial charge in [-0.05, 0) is 112 Å². The summed E-state index contributed by atoms with van der Waals surface area (Å²) < 4.78 is 29.1. The Morgan fingerprint density at radius 2 is 1.80 bits per heavy atom. The lowest BCUT2D eigenvalue weighted by atomic mass is 9.95. The average Bonchev–Trinajstić information content (AvgIpc) is 3.07. The van der Waals surface area contributed by atoms with Crippen molar-refractivity contribution in [1.29, 1.82) is 0 Å². The number of carbonyl (C=O) groups excluding carboxylic acids is 3. The molecule has 1 aliphatic rings. The Kier molecular flexibility index (Phi) is 13.7. The van der Waals surface area contributed by atoms with Crippen molar-refractivity contribution in [2.45, 2.75) is 39.6 Å². The molecule has 260 valence electrons. The van der Waals surface area contributed by atoms with E-state index in [-0.39, 0.29) is 18.1 Å². The highest BCUT2D eigenvalue weighted by atomic mass is 127. The molecule has 4 rings (SSSR count). The highest BCUT2D eigenvalue weighted by Crippen LogP contribution is 2.35. The number of carbonyl (C=O) groups is 3. The third-order valence-electron chi connectivity index (χ3n) is 6.98. The summed E-state index contributed by atoms with van der Waals surface area (Å²) in [5.74, 6) is 0.419. The second kappa shape index (κ2) is 17.9. The molecule has 2 amide bonds. The first-order chi connectivity index (χ1) is 23.5. The molecule has 0 aromatic heterocycles. The van der Waals surface area contributed by atoms with Gasteiger partial charge in [0, 0.05) is 5.70 Å². The van der Waals surface area contributed by atoms with Gasteiger partial charge in [0.25, 0.3) is 0 Å². The first kappa shape index (κ1) is 37.5. The largest absolute Gasteiger partial charge is 0.490 e. The lowest BCUT2D eigenvalue weighted by Gasteiger charge is -2.28. The number of methoxy groups -OCH3 is 1. The number of hydrogen-bond acceptors (Lipinski definition) is 11. The minimum absolute atomic E-state index is 0.165. The molecule has 0 aliphatic carbocycles. The van der Waals surface area contributed by atoms with Gasteiger partial charge in [0.15, 0.2) is 17.7 Å². The summed E-state index contributed by atoms with van der Waals surface area (Å²) >= 11 is 5.73. The number of halogens is 2. The van der Waals surface area contributed by atoms with Crippen molar-refractivity contribution in [1.82, 2.24) is 16.1 Å². The van der Waals surface area contributed by atoms with Crippen LogP contribution in [-0.2, 0) is 20.9 Å². The second-order valence-electron chi connectivity index (χ2n) is 10.4. The van der Waals surface area contributed by atoms with Gasteiger partial charge < -0.3 is 39.4 Å². The molecule has 4 N–H and O–H groups in total. The van der Waals surface area contributed by atoms with E-state index in [0.29, 0.717) is 58.4 Å². The molecular formula is C34H36BrIN4O9. The van der Waals surface area contributed by atoms with Gasteiger partial charge in [0.05, 0.1) is 51.8 Å². The smallest absolute Gasteiger partial charge is 0.338 e. The topological polar surface area (TPSA) is 166 Å². The summed E-state index contributed by atoms with van der Waals surface area (Å²) in [7, 11) is 1.27. The van der Waals surface area contributed by atoms with Crippen LogP contribution in [0.4, 0.5) is 4.79 Å². The quantitative estimate of drug-likeness (QED) is 0.0517. The van der Waals surface area contributed by atoms with E-state index in [2.05, 4.69) is 59.7 Å². The highest BCUT2D eigenvalue weighted by molar-refractivity contribution is 14.1. The minimum Gasteiger partial charge on any atom is -0.490 e. The molecular weight excluding hydrogens is 815 g/mol. The number of aliphatic hydroxyl groups excluding tert-OH is 1.